The first-order valence-corrected chi connectivity index (χ1v) is 5.42. The summed E-state index contributed by atoms with van der Waals surface area (Å²) >= 11 is 0. The molecule has 1 rings (SSSR count). The third-order valence-corrected chi connectivity index (χ3v) is 3.75. The Morgan fingerprint density at radius 3 is 2.67 bits per heavy atom. The summed E-state index contributed by atoms with van der Waals surface area (Å²) in [5, 5.41) is 0. The van der Waals surface area contributed by atoms with Crippen LogP contribution in [0.4, 0.5) is 0 Å². The van der Waals surface area contributed by atoms with Gasteiger partial charge in [-0.25, -0.2) is 0 Å². The number of hydrogen-bond donors (Lipinski definition) is 0. The van der Waals surface area contributed by atoms with Gasteiger partial charge in [-0.05, 0) is 12.6 Å². The van der Waals surface area contributed by atoms with Crippen LogP contribution in [-0.2, 0) is 0 Å². The fraction of sp³-hybridized carbons (Fsp3) is 0.500. The average Bonchev–Trinajstić information content (AvgIpc) is 1.72. The van der Waals surface area contributed by atoms with E-state index in [2.05, 4.69) is 11.9 Å². The molecule has 2 atom stereocenters. The van der Waals surface area contributed by atoms with Crippen molar-refractivity contribution in [3.63, 3.8) is 0 Å². The van der Waals surface area contributed by atoms with Crippen molar-refractivity contribution in [2.24, 2.45) is 0 Å². The minimum absolute atomic E-state index is 1.15. The van der Waals surface area contributed by atoms with E-state index >= 15 is 0 Å². The molecule has 6 heavy (non-hydrogen) atoms. The van der Waals surface area contributed by atoms with Crippen molar-refractivity contribution in [2.45, 2.75) is 6.42 Å². The second-order valence-electron chi connectivity index (χ2n) is 1.26. The molecule has 1 aliphatic rings. The van der Waals surface area contributed by atoms with E-state index in [9.17, 15) is 0 Å². The van der Waals surface area contributed by atoms with Gasteiger partial charge in [-0.15, -0.1) is 0 Å². The smallest absolute Gasteiger partial charge is 0.0279 e. The molecule has 2 heteroatoms. The van der Waals surface area contributed by atoms with Crippen LogP contribution in [0.25, 0.3) is 0 Å². The topological polar surface area (TPSA) is 0 Å². The molecule has 0 fully saturated rings. The molecule has 0 aromatic carbocycles. The normalized spacial score (nSPS) is 29.3. The highest BCUT2D eigenvalue weighted by molar-refractivity contribution is 8.13. The third-order valence-electron chi connectivity index (χ3n) is 0.739. The first-order valence-electron chi connectivity index (χ1n) is 2.13. The fourth-order valence-corrected chi connectivity index (χ4v) is 2.86. The van der Waals surface area contributed by atoms with Crippen LogP contribution >= 0.6 is 16.5 Å². The van der Waals surface area contributed by atoms with Crippen LogP contribution in [0.1, 0.15) is 6.42 Å². The Kier molecular flexibility index (Phi) is 2.15. The molecule has 0 aromatic rings. The van der Waals surface area contributed by atoms with Gasteiger partial charge in [0.15, 0.2) is 0 Å². The van der Waals surface area contributed by atoms with Gasteiger partial charge in [-0.2, -0.15) is 0 Å². The number of rotatable bonds is 0. The van der Waals surface area contributed by atoms with Gasteiger partial charge >= 0.3 is 0 Å². The molecule has 0 N–H and O–H groups in total. The molecule has 2 unspecified atom stereocenters. The summed E-state index contributed by atoms with van der Waals surface area (Å²) in [5.74, 6) is 2.31. The van der Waals surface area contributed by atoms with Gasteiger partial charge < -0.3 is 0 Å². The highest BCUT2D eigenvalue weighted by atomic mass is 32.0. The molecule has 1 heterocycles. The Balaban J connectivity index is 2.26. The zero-order valence-electron chi connectivity index (χ0n) is 3.57. The Morgan fingerprint density at radius 1 is 1.50 bits per heavy atom. The summed E-state index contributed by atoms with van der Waals surface area (Å²) in [5.41, 5.74) is 0. The first kappa shape index (κ1) is 4.75. The molecular weight excluding hydrogens is 110 g/mol. The molecule has 0 spiro atoms. The molecule has 0 radical (unpaired) electrons. The van der Waals surface area contributed by atoms with E-state index in [1.807, 2.05) is 0 Å². The maximum Gasteiger partial charge on any atom is -0.0279 e. The Labute approximate surface area is 41.9 Å². The standard InChI is InChI=1S/C4H8P2/c1-2-4-6-5-3-1/h1,3,5-6H,2,4H2. The van der Waals surface area contributed by atoms with Gasteiger partial charge in [-0.3, -0.25) is 0 Å². The molecule has 34 valence electrons. The molecule has 0 aromatic heterocycles. The van der Waals surface area contributed by atoms with Crippen LogP contribution in [0.15, 0.2) is 11.9 Å². The number of hydrogen-bond acceptors (Lipinski definition) is 0. The van der Waals surface area contributed by atoms with Crippen molar-refractivity contribution >= 4 is 16.5 Å². The lowest BCUT2D eigenvalue weighted by Crippen LogP contribution is -1.68. The van der Waals surface area contributed by atoms with Gasteiger partial charge in [0.2, 0.25) is 0 Å². The lowest BCUT2D eigenvalue weighted by atomic mass is 10.5. The molecule has 0 bridgehead atoms. The summed E-state index contributed by atoms with van der Waals surface area (Å²) in [4.78, 5) is 0. The molecule has 0 amide bonds. The van der Waals surface area contributed by atoms with Gasteiger partial charge in [0.1, 0.15) is 0 Å². The molecule has 0 saturated heterocycles. The predicted molar refractivity (Wildman–Crippen MR) is 35.3 cm³/mol. The highest BCUT2D eigenvalue weighted by Crippen LogP contribution is 2.41. The first-order chi connectivity index (χ1) is 3.00. The maximum absolute atomic E-state index is 2.31. The van der Waals surface area contributed by atoms with E-state index in [4.69, 9.17) is 0 Å². The van der Waals surface area contributed by atoms with Crippen LogP contribution in [0.2, 0.25) is 0 Å². The van der Waals surface area contributed by atoms with Gasteiger partial charge in [0, 0.05) is 0 Å². The largest absolute Gasteiger partial charge is 0.0949 e. The lowest BCUT2D eigenvalue weighted by Gasteiger charge is -1.98. The van der Waals surface area contributed by atoms with Gasteiger partial charge in [0.25, 0.3) is 0 Å². The molecular formula is C4H8P2. The second kappa shape index (κ2) is 2.72. The Bertz CT molecular complexity index is 50.6. The van der Waals surface area contributed by atoms with Crippen LogP contribution in [-0.4, -0.2) is 6.16 Å². The van der Waals surface area contributed by atoms with Crippen LogP contribution < -0.4 is 0 Å². The van der Waals surface area contributed by atoms with E-state index in [1.165, 1.54) is 20.9 Å². The van der Waals surface area contributed by atoms with Gasteiger partial charge in [-0.1, -0.05) is 28.4 Å². The molecule has 0 saturated carbocycles. The van der Waals surface area contributed by atoms with Crippen molar-refractivity contribution in [3.8, 4) is 0 Å². The predicted octanol–water partition coefficient (Wildman–Crippen LogP) is 2.18. The van der Waals surface area contributed by atoms with Crippen molar-refractivity contribution in [1.82, 2.24) is 0 Å². The zero-order chi connectivity index (χ0) is 4.24. The van der Waals surface area contributed by atoms with E-state index in [0.29, 0.717) is 0 Å². The summed E-state index contributed by atoms with van der Waals surface area (Å²) in [7, 11) is 2.39. The SMILES string of the molecule is C1=CPPCC1. The quantitative estimate of drug-likeness (QED) is 0.427. The third kappa shape index (κ3) is 1.37. The minimum Gasteiger partial charge on any atom is -0.0949 e. The van der Waals surface area contributed by atoms with Crippen molar-refractivity contribution in [1.29, 1.82) is 0 Å². The maximum atomic E-state index is 2.31. The van der Waals surface area contributed by atoms with Crippen molar-refractivity contribution in [2.75, 3.05) is 6.16 Å². The second-order valence-corrected chi connectivity index (χ2v) is 4.66. The minimum atomic E-state index is 1.15. The van der Waals surface area contributed by atoms with Crippen LogP contribution in [0.3, 0.4) is 0 Å². The van der Waals surface area contributed by atoms with Crippen molar-refractivity contribution < 1.29 is 0 Å². The average molecular weight is 118 g/mol. The molecule has 0 nitrogen and oxygen atoms in total. The highest BCUT2D eigenvalue weighted by Gasteiger charge is 1.86. The van der Waals surface area contributed by atoms with E-state index in [1.54, 1.807) is 0 Å². The summed E-state index contributed by atoms with van der Waals surface area (Å²) in [6.45, 7) is 0. The van der Waals surface area contributed by atoms with E-state index in [0.717, 1.165) is 8.27 Å². The van der Waals surface area contributed by atoms with Crippen LogP contribution in [0.5, 0.6) is 0 Å². The molecule has 1 aliphatic heterocycles. The monoisotopic (exact) mass is 118 g/mol. The summed E-state index contributed by atoms with van der Waals surface area (Å²) < 4.78 is 0. The van der Waals surface area contributed by atoms with E-state index < -0.39 is 0 Å². The van der Waals surface area contributed by atoms with Gasteiger partial charge in [0.05, 0.1) is 0 Å². The molecule has 0 aliphatic carbocycles. The van der Waals surface area contributed by atoms with Crippen molar-refractivity contribution in [3.05, 3.63) is 11.9 Å². The summed E-state index contributed by atoms with van der Waals surface area (Å²) in [6, 6.07) is 0. The number of allylic oxidation sites excluding steroid dienone is 1. The Hall–Kier alpha value is 0.600. The fourth-order valence-electron chi connectivity index (χ4n) is 0.429. The zero-order valence-corrected chi connectivity index (χ0v) is 5.57. The van der Waals surface area contributed by atoms with E-state index in [-0.39, 0.29) is 0 Å². The van der Waals surface area contributed by atoms with Crippen LogP contribution in [0, 0.1) is 0 Å². The Morgan fingerprint density at radius 2 is 2.50 bits per heavy atom. The lowest BCUT2D eigenvalue weighted by molar-refractivity contribution is 1.25. The summed E-state index contributed by atoms with van der Waals surface area (Å²) in [6.07, 6.45) is 5.08.